The first-order valence-corrected chi connectivity index (χ1v) is 20.1. The Morgan fingerprint density at radius 2 is 1.31 bits per heavy atom. The molecule has 0 fully saturated rings. The van der Waals surface area contributed by atoms with Gasteiger partial charge in [0.25, 0.3) is 5.91 Å². The molecule has 0 aliphatic rings. The molecule has 4 aromatic carbocycles. The third-order valence-electron chi connectivity index (χ3n) is 9.45. The molecule has 6 N–H and O–H groups in total. The molecule has 0 spiro atoms. The molecular weight excluding hydrogens is 749 g/mol. The van der Waals surface area contributed by atoms with Gasteiger partial charge in [-0.15, -0.1) is 0 Å². The molecule has 0 radical (unpaired) electrons. The molecule has 0 saturated carbocycles. The second-order valence-electron chi connectivity index (χ2n) is 16.3. The maximum Gasteiger partial charge on any atom is 0.424 e. The van der Waals surface area contributed by atoms with Crippen LogP contribution in [0.1, 0.15) is 76.1 Å². The van der Waals surface area contributed by atoms with Gasteiger partial charge in [0, 0.05) is 24.1 Å². The molecule has 1 unspecified atom stereocenters. The van der Waals surface area contributed by atoms with Gasteiger partial charge in [0.15, 0.2) is 0 Å². The Morgan fingerprint density at radius 1 is 0.746 bits per heavy atom. The molecular formula is C47H60N4O8. The Balaban J connectivity index is 1.66. The Kier molecular flexibility index (Phi) is 17.6. The fourth-order valence-corrected chi connectivity index (χ4v) is 6.68. The van der Waals surface area contributed by atoms with E-state index in [2.05, 4.69) is 5.32 Å². The van der Waals surface area contributed by atoms with Crippen LogP contribution >= 0.6 is 0 Å². The highest BCUT2D eigenvalue weighted by atomic mass is 16.7. The topological polar surface area (TPSA) is 184 Å². The first-order chi connectivity index (χ1) is 28.1. The average molecular weight is 809 g/mol. The zero-order valence-corrected chi connectivity index (χ0v) is 34.8. The molecule has 12 heteroatoms. The van der Waals surface area contributed by atoms with Crippen LogP contribution in [-0.2, 0) is 54.5 Å². The summed E-state index contributed by atoms with van der Waals surface area (Å²) < 4.78 is 17.8. The number of nitrogens with two attached hydrogens (primary N) is 2. The third kappa shape index (κ3) is 16.0. The highest BCUT2D eigenvalue weighted by Gasteiger charge is 2.41. The molecule has 12 nitrogen and oxygen atoms in total. The lowest BCUT2D eigenvalue weighted by molar-refractivity contribution is -0.149. The lowest BCUT2D eigenvalue weighted by Crippen LogP contribution is -2.57. The van der Waals surface area contributed by atoms with Crippen LogP contribution in [0.15, 0.2) is 109 Å². The van der Waals surface area contributed by atoms with Crippen LogP contribution in [0.3, 0.4) is 0 Å². The molecule has 0 heterocycles. The van der Waals surface area contributed by atoms with Crippen molar-refractivity contribution in [3.05, 3.63) is 131 Å². The van der Waals surface area contributed by atoms with Gasteiger partial charge in [-0.1, -0.05) is 105 Å². The van der Waals surface area contributed by atoms with E-state index in [1.165, 1.54) is 6.07 Å². The molecule has 4 amide bonds. The van der Waals surface area contributed by atoms with Crippen molar-refractivity contribution < 1.29 is 38.5 Å². The number of carbonyl (C=O) groups is 4. The number of nitrogen functional groups attached to an aromatic ring is 1. The van der Waals surface area contributed by atoms with Gasteiger partial charge in [0.1, 0.15) is 24.2 Å². The molecule has 4 rings (SSSR count). The second-order valence-corrected chi connectivity index (χ2v) is 16.3. The number of ether oxygens (including phenoxy) is 3. The predicted octanol–water partition coefficient (Wildman–Crippen LogP) is 7.11. The maximum atomic E-state index is 15.0. The molecule has 59 heavy (non-hydrogen) atoms. The number of benzene rings is 4. The van der Waals surface area contributed by atoms with Crippen molar-refractivity contribution in [2.45, 2.75) is 104 Å². The fraction of sp³-hybridized carbons (Fsp3) is 0.404. The van der Waals surface area contributed by atoms with E-state index < -0.39 is 53.5 Å². The first kappa shape index (κ1) is 46.1. The number of nitrogens with one attached hydrogen (secondary N) is 1. The molecule has 316 valence electrons. The molecule has 0 bridgehead atoms. The number of rotatable bonds is 20. The Bertz CT molecular complexity index is 1920. The molecule has 0 aromatic heterocycles. The van der Waals surface area contributed by atoms with E-state index in [1.54, 1.807) is 57.2 Å². The highest BCUT2D eigenvalue weighted by molar-refractivity contribution is 6.11. The Morgan fingerprint density at radius 3 is 1.85 bits per heavy atom. The lowest BCUT2D eigenvalue weighted by Gasteiger charge is -2.31. The van der Waals surface area contributed by atoms with E-state index in [-0.39, 0.29) is 44.3 Å². The van der Waals surface area contributed by atoms with Gasteiger partial charge in [-0.25, -0.2) is 4.79 Å². The second kappa shape index (κ2) is 22.6. The molecule has 4 aromatic rings. The van der Waals surface area contributed by atoms with E-state index >= 15 is 0 Å². The van der Waals surface area contributed by atoms with Crippen molar-refractivity contribution in [1.82, 2.24) is 10.2 Å². The Hall–Kier alpha value is -5.56. The van der Waals surface area contributed by atoms with Gasteiger partial charge in [0.05, 0.1) is 18.8 Å². The summed E-state index contributed by atoms with van der Waals surface area (Å²) in [4.78, 5) is 57.8. The Labute approximate surface area is 348 Å². The fourth-order valence-electron chi connectivity index (χ4n) is 6.68. The zero-order valence-electron chi connectivity index (χ0n) is 34.8. The van der Waals surface area contributed by atoms with E-state index in [4.69, 9.17) is 25.7 Å². The minimum Gasteiger partial charge on any atom is -0.508 e. The van der Waals surface area contributed by atoms with E-state index in [1.807, 2.05) is 80.6 Å². The smallest absolute Gasteiger partial charge is 0.424 e. The zero-order chi connectivity index (χ0) is 43.0. The van der Waals surface area contributed by atoms with Gasteiger partial charge < -0.3 is 36.1 Å². The van der Waals surface area contributed by atoms with Crippen LogP contribution in [0, 0.1) is 11.8 Å². The number of anilines is 1. The predicted molar refractivity (Wildman–Crippen MR) is 228 cm³/mol. The summed E-state index contributed by atoms with van der Waals surface area (Å²) in [5.74, 6) is -3.00. The summed E-state index contributed by atoms with van der Waals surface area (Å²) >= 11 is 0. The standard InChI is InChI=1S/C47H60N4O8/c1-32(2)23-41(49)43(53)50-42(28-35-19-13-8-14-20-35)45(55)51(46(56)59-47(3,4)5)44(54)37(24-33-15-9-6-10-16-33)21-22-40(27-34-17-11-7-12-18-34)58-31-57-30-36-25-38(48)29-39(52)26-36/h6-20,25-26,29,32,37,40-42,52H,21-24,27-28,30-31,48-49H2,1-5H3,(H,50,53)/t37?,40-,41-,42-/m0/s1. The summed E-state index contributed by atoms with van der Waals surface area (Å²) in [5.41, 5.74) is 14.7. The van der Waals surface area contributed by atoms with Crippen LogP contribution in [0.25, 0.3) is 0 Å². The van der Waals surface area contributed by atoms with Crippen molar-refractivity contribution in [1.29, 1.82) is 0 Å². The largest absolute Gasteiger partial charge is 0.508 e. The number of amides is 4. The number of hydrogen-bond acceptors (Lipinski definition) is 10. The summed E-state index contributed by atoms with van der Waals surface area (Å²) in [5, 5.41) is 12.7. The summed E-state index contributed by atoms with van der Waals surface area (Å²) in [7, 11) is 0. The minimum absolute atomic E-state index is 0.00206. The quantitative estimate of drug-likeness (QED) is 0.0408. The number of imide groups is 3. The minimum atomic E-state index is -1.31. The van der Waals surface area contributed by atoms with Crippen molar-refractivity contribution in [2.24, 2.45) is 17.6 Å². The summed E-state index contributed by atoms with van der Waals surface area (Å²) in [6, 6.07) is 30.6. The van der Waals surface area contributed by atoms with E-state index in [9.17, 15) is 24.3 Å². The monoisotopic (exact) mass is 808 g/mol. The van der Waals surface area contributed by atoms with Crippen LogP contribution in [-0.4, -0.2) is 64.4 Å². The number of hydrogen-bond donors (Lipinski definition) is 4. The van der Waals surface area contributed by atoms with Gasteiger partial charge in [-0.2, -0.15) is 4.90 Å². The molecule has 4 atom stereocenters. The van der Waals surface area contributed by atoms with Gasteiger partial charge >= 0.3 is 6.09 Å². The first-order valence-electron chi connectivity index (χ1n) is 20.1. The molecule has 0 saturated heterocycles. The van der Waals surface area contributed by atoms with E-state index in [0.717, 1.165) is 11.1 Å². The number of phenols is 1. The number of phenolic OH excluding ortho intramolecular Hbond substituents is 1. The van der Waals surface area contributed by atoms with Gasteiger partial charge in [-0.05, 0) is 93.2 Å². The maximum absolute atomic E-state index is 15.0. The molecule has 0 aliphatic carbocycles. The van der Waals surface area contributed by atoms with Crippen molar-refractivity contribution in [3.63, 3.8) is 0 Å². The van der Waals surface area contributed by atoms with Crippen molar-refractivity contribution >= 4 is 29.5 Å². The van der Waals surface area contributed by atoms with Crippen LogP contribution in [0.2, 0.25) is 0 Å². The van der Waals surface area contributed by atoms with Crippen LogP contribution < -0.4 is 16.8 Å². The van der Waals surface area contributed by atoms with Crippen molar-refractivity contribution in [3.8, 4) is 5.75 Å². The lowest BCUT2D eigenvalue weighted by atomic mass is 9.90. The SMILES string of the molecule is CC(C)C[C@H](N)C(=O)N[C@@H](Cc1ccccc1)C(=O)N(C(=O)OC(C)(C)C)C(=O)C(CC[C@@H](Cc1ccccc1)OCOCc1cc(N)cc(O)c1)Cc1ccccc1. The van der Waals surface area contributed by atoms with E-state index in [0.29, 0.717) is 41.0 Å². The summed E-state index contributed by atoms with van der Waals surface area (Å²) in [6.07, 6.45) is 0.0614. The third-order valence-corrected chi connectivity index (χ3v) is 9.45. The average Bonchev–Trinajstić information content (AvgIpc) is 3.17. The normalized spacial score (nSPS) is 13.5. The molecule has 0 aliphatic heterocycles. The number of nitrogens with zero attached hydrogens (tertiary/aromatic N) is 1. The highest BCUT2D eigenvalue weighted by Crippen LogP contribution is 2.25. The van der Waals surface area contributed by atoms with Crippen LogP contribution in [0.4, 0.5) is 10.5 Å². The van der Waals surface area contributed by atoms with Gasteiger partial charge in [-0.3, -0.25) is 14.4 Å². The van der Waals surface area contributed by atoms with Crippen LogP contribution in [0.5, 0.6) is 5.75 Å². The number of aromatic hydroxyl groups is 1. The van der Waals surface area contributed by atoms with Crippen molar-refractivity contribution in [2.75, 3.05) is 12.5 Å². The summed E-state index contributed by atoms with van der Waals surface area (Å²) in [6.45, 7) is 8.87. The van der Waals surface area contributed by atoms with Gasteiger partial charge in [0.2, 0.25) is 11.8 Å². The number of carbonyl (C=O) groups excluding carboxylic acids is 4.